The summed E-state index contributed by atoms with van der Waals surface area (Å²) in [4.78, 5) is 15.6. The first-order valence-electron chi connectivity index (χ1n) is 8.90. The molecule has 0 aliphatic heterocycles. The summed E-state index contributed by atoms with van der Waals surface area (Å²) in [7, 11) is 0. The van der Waals surface area contributed by atoms with Crippen molar-refractivity contribution in [1.29, 1.82) is 0 Å². The molecule has 1 amide bonds. The summed E-state index contributed by atoms with van der Waals surface area (Å²) in [5.74, 6) is 0.335. The number of hydrogen-bond acceptors (Lipinski definition) is 2. The van der Waals surface area contributed by atoms with Crippen LogP contribution in [0.2, 0.25) is 0 Å². The Morgan fingerprint density at radius 2 is 2.00 bits per heavy atom. The molecular formula is C20H28N2O2. The molecule has 0 radical (unpaired) electrons. The molecule has 1 aliphatic rings. The van der Waals surface area contributed by atoms with Gasteiger partial charge in [-0.25, -0.2) is 4.79 Å². The first kappa shape index (κ1) is 16.9. The Morgan fingerprint density at radius 3 is 2.75 bits per heavy atom. The number of carbonyl (C=O) groups is 1. The van der Waals surface area contributed by atoms with Crippen molar-refractivity contribution in [3.63, 3.8) is 0 Å². The van der Waals surface area contributed by atoms with Crippen LogP contribution < -0.4 is 5.32 Å². The predicted molar refractivity (Wildman–Crippen MR) is 97.4 cm³/mol. The van der Waals surface area contributed by atoms with E-state index in [1.807, 2.05) is 20.8 Å². The van der Waals surface area contributed by atoms with Crippen LogP contribution in [0.25, 0.3) is 10.9 Å². The van der Waals surface area contributed by atoms with Gasteiger partial charge < -0.3 is 15.0 Å². The molecule has 1 saturated carbocycles. The van der Waals surface area contributed by atoms with Gasteiger partial charge in [0.05, 0.1) is 0 Å². The average molecular weight is 328 g/mol. The fraction of sp³-hybridized carbons (Fsp3) is 0.550. The first-order chi connectivity index (χ1) is 11.3. The van der Waals surface area contributed by atoms with Gasteiger partial charge in [0.15, 0.2) is 0 Å². The number of fused-ring (bicyclic) bond motifs is 1. The standard InChI is InChI=1S/C20H28N2O2/c1-13-9-10-17-15(11-13)16(12-21-17)14-7-5-6-8-18(14)22-19(23)24-20(2,3)4/h9-12,14,18,21H,5-8H2,1-4H3,(H,22,23)/t14-,18+/m0/s1. The molecule has 2 aromatic rings. The van der Waals surface area contributed by atoms with E-state index in [4.69, 9.17) is 4.74 Å². The van der Waals surface area contributed by atoms with Gasteiger partial charge in [0.1, 0.15) is 5.60 Å². The average Bonchev–Trinajstić information content (AvgIpc) is 2.88. The van der Waals surface area contributed by atoms with E-state index < -0.39 is 5.60 Å². The summed E-state index contributed by atoms with van der Waals surface area (Å²) in [6.07, 6.45) is 6.26. The van der Waals surface area contributed by atoms with Crippen molar-refractivity contribution < 1.29 is 9.53 Å². The molecule has 0 saturated heterocycles. The smallest absolute Gasteiger partial charge is 0.407 e. The molecule has 0 unspecified atom stereocenters. The molecule has 3 rings (SSSR count). The predicted octanol–water partition coefficient (Wildman–Crippen LogP) is 5.03. The largest absolute Gasteiger partial charge is 0.444 e. The van der Waals surface area contributed by atoms with Crippen molar-refractivity contribution in [2.45, 2.75) is 70.9 Å². The van der Waals surface area contributed by atoms with Crippen molar-refractivity contribution in [3.05, 3.63) is 35.5 Å². The molecule has 2 N–H and O–H groups in total. The van der Waals surface area contributed by atoms with E-state index in [9.17, 15) is 4.79 Å². The summed E-state index contributed by atoms with van der Waals surface area (Å²) in [5, 5.41) is 4.39. The van der Waals surface area contributed by atoms with Crippen LogP contribution in [0, 0.1) is 6.92 Å². The van der Waals surface area contributed by atoms with Gasteiger partial charge >= 0.3 is 6.09 Å². The third-order valence-corrected chi connectivity index (χ3v) is 4.74. The maximum atomic E-state index is 12.2. The number of benzene rings is 1. The van der Waals surface area contributed by atoms with E-state index in [2.05, 4.69) is 41.6 Å². The fourth-order valence-corrected chi connectivity index (χ4v) is 3.70. The number of hydrogen-bond donors (Lipinski definition) is 2. The molecule has 4 nitrogen and oxygen atoms in total. The van der Waals surface area contributed by atoms with Gasteiger partial charge in [-0.05, 0) is 58.2 Å². The zero-order valence-electron chi connectivity index (χ0n) is 15.1. The molecule has 1 aliphatic carbocycles. The lowest BCUT2D eigenvalue weighted by atomic mass is 9.80. The van der Waals surface area contributed by atoms with E-state index in [0.29, 0.717) is 5.92 Å². The first-order valence-corrected chi connectivity index (χ1v) is 8.90. The number of carbonyl (C=O) groups excluding carboxylic acids is 1. The van der Waals surface area contributed by atoms with Crippen molar-refractivity contribution in [1.82, 2.24) is 10.3 Å². The fourth-order valence-electron chi connectivity index (χ4n) is 3.70. The maximum Gasteiger partial charge on any atom is 0.407 e. The highest BCUT2D eigenvalue weighted by Crippen LogP contribution is 2.37. The molecule has 1 aromatic carbocycles. The van der Waals surface area contributed by atoms with E-state index in [1.165, 1.54) is 22.9 Å². The molecule has 24 heavy (non-hydrogen) atoms. The SMILES string of the molecule is Cc1ccc2[nH]cc([C@@H]3CCCC[C@H]3NC(=O)OC(C)(C)C)c2c1. The lowest BCUT2D eigenvalue weighted by Gasteiger charge is -2.33. The highest BCUT2D eigenvalue weighted by molar-refractivity contribution is 5.84. The van der Waals surface area contributed by atoms with Gasteiger partial charge in [0, 0.05) is 29.1 Å². The van der Waals surface area contributed by atoms with Crippen molar-refractivity contribution in [2.24, 2.45) is 0 Å². The Balaban J connectivity index is 1.83. The topological polar surface area (TPSA) is 54.1 Å². The van der Waals surface area contributed by atoms with E-state index in [-0.39, 0.29) is 12.1 Å². The molecule has 2 atom stereocenters. The van der Waals surface area contributed by atoms with Crippen molar-refractivity contribution >= 4 is 17.0 Å². The van der Waals surface area contributed by atoms with Gasteiger partial charge in [0.2, 0.25) is 0 Å². The Hall–Kier alpha value is -1.97. The summed E-state index contributed by atoms with van der Waals surface area (Å²) in [6.45, 7) is 7.81. The summed E-state index contributed by atoms with van der Waals surface area (Å²) >= 11 is 0. The third-order valence-electron chi connectivity index (χ3n) is 4.74. The second-order valence-electron chi connectivity index (χ2n) is 7.94. The zero-order chi connectivity index (χ0) is 17.3. The van der Waals surface area contributed by atoms with E-state index in [0.717, 1.165) is 24.8 Å². The lowest BCUT2D eigenvalue weighted by molar-refractivity contribution is 0.0485. The number of amides is 1. The molecule has 1 aromatic heterocycles. The van der Waals surface area contributed by atoms with Crippen molar-refractivity contribution in [3.8, 4) is 0 Å². The maximum absolute atomic E-state index is 12.2. The number of aromatic amines is 1. The molecular weight excluding hydrogens is 300 g/mol. The number of rotatable bonds is 2. The second-order valence-corrected chi connectivity index (χ2v) is 7.94. The molecule has 130 valence electrons. The van der Waals surface area contributed by atoms with Crippen LogP contribution in [0.15, 0.2) is 24.4 Å². The van der Waals surface area contributed by atoms with Gasteiger partial charge in [-0.3, -0.25) is 0 Å². The molecule has 0 spiro atoms. The number of ether oxygens (including phenoxy) is 1. The van der Waals surface area contributed by atoms with Crippen LogP contribution in [-0.4, -0.2) is 22.7 Å². The van der Waals surface area contributed by atoms with Crippen LogP contribution in [0.1, 0.15) is 63.5 Å². The Morgan fingerprint density at radius 1 is 1.25 bits per heavy atom. The number of aromatic nitrogens is 1. The minimum atomic E-state index is -0.466. The minimum Gasteiger partial charge on any atom is -0.444 e. The van der Waals surface area contributed by atoms with Crippen LogP contribution in [0.3, 0.4) is 0 Å². The van der Waals surface area contributed by atoms with Crippen LogP contribution in [0.4, 0.5) is 4.79 Å². The second kappa shape index (κ2) is 6.50. The van der Waals surface area contributed by atoms with Crippen molar-refractivity contribution in [2.75, 3.05) is 0 Å². The summed E-state index contributed by atoms with van der Waals surface area (Å²) in [6, 6.07) is 6.63. The molecule has 4 heteroatoms. The molecule has 0 bridgehead atoms. The Kier molecular flexibility index (Phi) is 4.57. The lowest BCUT2D eigenvalue weighted by Crippen LogP contribution is -2.43. The van der Waals surface area contributed by atoms with Gasteiger partial charge in [-0.2, -0.15) is 0 Å². The third kappa shape index (κ3) is 3.74. The summed E-state index contributed by atoms with van der Waals surface area (Å²) < 4.78 is 5.45. The van der Waals surface area contributed by atoms with Crippen LogP contribution >= 0.6 is 0 Å². The monoisotopic (exact) mass is 328 g/mol. The van der Waals surface area contributed by atoms with E-state index in [1.54, 1.807) is 0 Å². The molecule has 1 heterocycles. The van der Waals surface area contributed by atoms with E-state index >= 15 is 0 Å². The summed E-state index contributed by atoms with van der Waals surface area (Å²) in [5.41, 5.74) is 3.27. The van der Waals surface area contributed by atoms with Crippen LogP contribution in [-0.2, 0) is 4.74 Å². The van der Waals surface area contributed by atoms with Gasteiger partial charge in [-0.15, -0.1) is 0 Å². The Labute approximate surface area is 144 Å². The van der Waals surface area contributed by atoms with Gasteiger partial charge in [0.25, 0.3) is 0 Å². The number of nitrogens with one attached hydrogen (secondary N) is 2. The molecule has 1 fully saturated rings. The zero-order valence-corrected chi connectivity index (χ0v) is 15.1. The number of aryl methyl sites for hydroxylation is 1. The van der Waals surface area contributed by atoms with Crippen LogP contribution in [0.5, 0.6) is 0 Å². The normalized spacial score (nSPS) is 21.7. The Bertz CT molecular complexity index is 727. The minimum absolute atomic E-state index is 0.133. The highest BCUT2D eigenvalue weighted by Gasteiger charge is 2.30. The highest BCUT2D eigenvalue weighted by atomic mass is 16.6. The van der Waals surface area contributed by atoms with Gasteiger partial charge in [-0.1, -0.05) is 24.5 Å². The quantitative estimate of drug-likeness (QED) is 0.812. The number of H-pyrrole nitrogens is 1. The number of alkyl carbamates (subject to hydrolysis) is 1.